The zero-order chi connectivity index (χ0) is 14.8. The third-order valence-corrected chi connectivity index (χ3v) is 4.06. The molecule has 0 spiro atoms. The zero-order valence-electron chi connectivity index (χ0n) is 12.7. The number of nitrogens with one attached hydrogen (secondary N) is 1. The van der Waals surface area contributed by atoms with E-state index < -0.39 is 0 Å². The molecule has 0 bridgehead atoms. The number of nitrogens with zero attached hydrogens (tertiary/aromatic N) is 3. The van der Waals surface area contributed by atoms with Gasteiger partial charge >= 0.3 is 6.01 Å². The van der Waals surface area contributed by atoms with Crippen molar-refractivity contribution in [3.63, 3.8) is 0 Å². The highest BCUT2D eigenvalue weighted by molar-refractivity contribution is 5.69. The topological polar surface area (TPSA) is 72.8 Å². The van der Waals surface area contributed by atoms with Crippen LogP contribution in [-0.4, -0.2) is 26.1 Å². The van der Waals surface area contributed by atoms with Crippen LogP contribution in [0.1, 0.15) is 57.7 Å². The van der Waals surface area contributed by atoms with E-state index in [9.17, 15) is 4.79 Å². The van der Waals surface area contributed by atoms with Gasteiger partial charge in [0.2, 0.25) is 0 Å². The molecule has 6 heteroatoms. The van der Waals surface area contributed by atoms with Crippen LogP contribution in [0.4, 0.5) is 0 Å². The highest BCUT2D eigenvalue weighted by Crippen LogP contribution is 2.32. The molecule has 1 N–H and O–H groups in total. The molecule has 21 heavy (non-hydrogen) atoms. The summed E-state index contributed by atoms with van der Waals surface area (Å²) in [4.78, 5) is 24.8. The minimum Gasteiger partial charge on any atom is -0.465 e. The highest BCUT2D eigenvalue weighted by Gasteiger charge is 2.22. The summed E-state index contributed by atoms with van der Waals surface area (Å²) in [5.74, 6) is 1.34. The lowest BCUT2D eigenvalue weighted by Crippen LogP contribution is -2.23. The van der Waals surface area contributed by atoms with E-state index in [2.05, 4.69) is 15.0 Å². The van der Waals surface area contributed by atoms with E-state index in [-0.39, 0.29) is 5.56 Å². The molecular formula is C15H22N4O2. The predicted octanol–water partition coefficient (Wildman–Crippen LogP) is 2.59. The molecular weight excluding hydrogens is 268 g/mol. The molecule has 0 atom stereocenters. The number of rotatable bonds is 5. The Morgan fingerprint density at radius 2 is 2.05 bits per heavy atom. The molecule has 0 aliphatic heterocycles. The minimum atomic E-state index is -0.0814. The molecule has 0 unspecified atom stereocenters. The lowest BCUT2D eigenvalue weighted by Gasteiger charge is -2.10. The van der Waals surface area contributed by atoms with Crippen LogP contribution in [0, 0.1) is 0 Å². The van der Waals surface area contributed by atoms with Gasteiger partial charge < -0.3 is 9.72 Å². The average molecular weight is 290 g/mol. The second kappa shape index (κ2) is 5.87. The summed E-state index contributed by atoms with van der Waals surface area (Å²) in [5, 5.41) is 0. The van der Waals surface area contributed by atoms with Crippen LogP contribution in [0.5, 0.6) is 6.01 Å². The maximum Gasteiger partial charge on any atom is 0.301 e. The van der Waals surface area contributed by atoms with Gasteiger partial charge in [-0.2, -0.15) is 4.98 Å². The number of fused-ring (bicyclic) bond motifs is 1. The van der Waals surface area contributed by atoms with Crippen molar-refractivity contribution in [2.24, 2.45) is 0 Å². The fourth-order valence-electron chi connectivity index (χ4n) is 3.04. The van der Waals surface area contributed by atoms with E-state index in [4.69, 9.17) is 4.74 Å². The fourth-order valence-corrected chi connectivity index (χ4v) is 3.04. The third-order valence-electron chi connectivity index (χ3n) is 4.06. The number of ether oxygens (including phenoxy) is 1. The quantitative estimate of drug-likeness (QED) is 0.918. The Morgan fingerprint density at radius 3 is 2.71 bits per heavy atom. The van der Waals surface area contributed by atoms with Crippen LogP contribution in [0.3, 0.4) is 0 Å². The van der Waals surface area contributed by atoms with Crippen LogP contribution in [0.25, 0.3) is 11.2 Å². The first-order valence-corrected chi connectivity index (χ1v) is 7.87. The first kappa shape index (κ1) is 14.1. The van der Waals surface area contributed by atoms with Gasteiger partial charge in [-0.15, -0.1) is 0 Å². The highest BCUT2D eigenvalue weighted by atomic mass is 16.5. The maximum atomic E-state index is 12.6. The minimum absolute atomic E-state index is 0.0814. The molecule has 114 valence electrons. The van der Waals surface area contributed by atoms with Gasteiger partial charge in [-0.05, 0) is 26.2 Å². The molecule has 2 heterocycles. The van der Waals surface area contributed by atoms with Gasteiger partial charge in [0, 0.05) is 12.5 Å². The van der Waals surface area contributed by atoms with Gasteiger partial charge in [-0.3, -0.25) is 9.36 Å². The number of imidazole rings is 1. The van der Waals surface area contributed by atoms with E-state index in [1.165, 1.54) is 12.8 Å². The fraction of sp³-hybridized carbons (Fsp3) is 0.667. The molecule has 1 aliphatic carbocycles. The van der Waals surface area contributed by atoms with Gasteiger partial charge in [-0.25, -0.2) is 4.98 Å². The summed E-state index contributed by atoms with van der Waals surface area (Å²) in [6.45, 7) is 5.01. The Hall–Kier alpha value is -1.85. The van der Waals surface area contributed by atoms with Gasteiger partial charge in [0.15, 0.2) is 11.2 Å². The number of H-pyrrole nitrogens is 1. The lowest BCUT2D eigenvalue weighted by molar-refractivity contribution is 0.289. The first-order valence-electron chi connectivity index (χ1n) is 7.87. The molecule has 1 fully saturated rings. The standard InChI is InChI=1S/C15H22N4O2/c1-3-9-19-14(20)11-13(18-15(19)21-4-2)17-12(16-11)10-7-5-6-8-10/h10H,3-9H2,1-2H3,(H,16,17). The second-order valence-electron chi connectivity index (χ2n) is 5.59. The number of aromatic nitrogens is 4. The summed E-state index contributed by atoms with van der Waals surface area (Å²) in [6.07, 6.45) is 5.61. The SMILES string of the molecule is CCCn1c(OCC)nc2nc(C3CCCC3)[nH]c2c1=O. The Kier molecular flexibility index (Phi) is 3.94. The van der Waals surface area contributed by atoms with Crippen molar-refractivity contribution in [3.05, 3.63) is 16.2 Å². The molecule has 2 aromatic rings. The van der Waals surface area contributed by atoms with Gasteiger partial charge in [0.25, 0.3) is 5.56 Å². The van der Waals surface area contributed by atoms with Crippen LogP contribution < -0.4 is 10.3 Å². The molecule has 1 aliphatic rings. The summed E-state index contributed by atoms with van der Waals surface area (Å²) in [7, 11) is 0. The number of hydrogen-bond acceptors (Lipinski definition) is 4. The monoisotopic (exact) mass is 290 g/mol. The summed E-state index contributed by atoms with van der Waals surface area (Å²) in [5.41, 5.74) is 0.911. The summed E-state index contributed by atoms with van der Waals surface area (Å²) < 4.78 is 7.11. The molecule has 3 rings (SSSR count). The number of aromatic amines is 1. The van der Waals surface area contributed by atoms with Crippen molar-refractivity contribution in [1.29, 1.82) is 0 Å². The van der Waals surface area contributed by atoms with Gasteiger partial charge in [0.05, 0.1) is 6.61 Å². The smallest absolute Gasteiger partial charge is 0.301 e. The average Bonchev–Trinajstić information content (AvgIpc) is 3.11. The van der Waals surface area contributed by atoms with E-state index in [1.807, 2.05) is 13.8 Å². The first-order chi connectivity index (χ1) is 10.2. The molecule has 0 saturated heterocycles. The van der Waals surface area contributed by atoms with Gasteiger partial charge in [0.1, 0.15) is 5.82 Å². The third kappa shape index (κ3) is 2.54. The Labute approximate surface area is 123 Å². The zero-order valence-corrected chi connectivity index (χ0v) is 12.7. The van der Waals surface area contributed by atoms with Crippen molar-refractivity contribution in [2.75, 3.05) is 6.61 Å². The molecule has 2 aromatic heterocycles. The van der Waals surface area contributed by atoms with Crippen LogP contribution >= 0.6 is 0 Å². The molecule has 0 radical (unpaired) electrons. The van der Waals surface area contributed by atoms with Crippen molar-refractivity contribution >= 4 is 11.2 Å². The summed E-state index contributed by atoms with van der Waals surface area (Å²) >= 11 is 0. The van der Waals surface area contributed by atoms with Crippen LogP contribution in [0.15, 0.2) is 4.79 Å². The van der Waals surface area contributed by atoms with Crippen molar-refractivity contribution < 1.29 is 4.74 Å². The normalized spacial score (nSPS) is 15.9. The Balaban J connectivity index is 2.10. The van der Waals surface area contributed by atoms with E-state index in [0.717, 1.165) is 25.1 Å². The Morgan fingerprint density at radius 1 is 1.29 bits per heavy atom. The molecule has 1 saturated carbocycles. The predicted molar refractivity (Wildman–Crippen MR) is 80.8 cm³/mol. The second-order valence-corrected chi connectivity index (χ2v) is 5.59. The van der Waals surface area contributed by atoms with Crippen molar-refractivity contribution in [1.82, 2.24) is 19.5 Å². The summed E-state index contributed by atoms with van der Waals surface area (Å²) in [6, 6.07) is 0.376. The molecule has 0 amide bonds. The van der Waals surface area contributed by atoms with E-state index in [0.29, 0.717) is 36.2 Å². The largest absolute Gasteiger partial charge is 0.465 e. The van der Waals surface area contributed by atoms with Crippen molar-refractivity contribution in [3.8, 4) is 6.01 Å². The Bertz CT molecular complexity index is 683. The molecule has 6 nitrogen and oxygen atoms in total. The lowest BCUT2D eigenvalue weighted by atomic mass is 10.1. The van der Waals surface area contributed by atoms with Crippen LogP contribution in [-0.2, 0) is 6.54 Å². The van der Waals surface area contributed by atoms with Gasteiger partial charge in [-0.1, -0.05) is 19.8 Å². The van der Waals surface area contributed by atoms with Crippen LogP contribution in [0.2, 0.25) is 0 Å². The maximum absolute atomic E-state index is 12.6. The number of hydrogen-bond donors (Lipinski definition) is 1. The van der Waals surface area contributed by atoms with E-state index >= 15 is 0 Å². The van der Waals surface area contributed by atoms with Crippen molar-refractivity contribution in [2.45, 2.75) is 58.4 Å². The molecule has 0 aromatic carbocycles. The van der Waals surface area contributed by atoms with E-state index in [1.54, 1.807) is 4.57 Å².